The molecule has 4 rings (SSSR count). The molecule has 0 radical (unpaired) electrons. The van der Waals surface area contributed by atoms with Gasteiger partial charge in [-0.2, -0.15) is 0 Å². The molecule has 0 bridgehead atoms. The fourth-order valence-corrected chi connectivity index (χ4v) is 2.92. The van der Waals surface area contributed by atoms with Crippen LogP contribution in [0.4, 0.5) is 17.2 Å². The zero-order valence-corrected chi connectivity index (χ0v) is 16.0. The number of amides is 1. The predicted molar refractivity (Wildman–Crippen MR) is 107 cm³/mol. The molecule has 1 amide bonds. The Kier molecular flexibility index (Phi) is 4.75. The lowest BCUT2D eigenvalue weighted by molar-refractivity contribution is 0.102. The largest absolute Gasteiger partial charge is 0.454 e. The minimum Gasteiger partial charge on any atom is -0.454 e. The first kappa shape index (κ1) is 18.1. The summed E-state index contributed by atoms with van der Waals surface area (Å²) in [5.41, 5.74) is 2.54. The second kappa shape index (κ2) is 7.36. The Labute approximate surface area is 166 Å². The van der Waals surface area contributed by atoms with Crippen molar-refractivity contribution in [1.82, 2.24) is 9.97 Å². The molecule has 0 atom stereocenters. The maximum Gasteiger partial charge on any atom is 0.274 e. The molecule has 1 aromatic heterocycles. The highest BCUT2D eigenvalue weighted by Crippen LogP contribution is 2.35. The van der Waals surface area contributed by atoms with Crippen molar-refractivity contribution < 1.29 is 14.3 Å². The first-order valence-electron chi connectivity index (χ1n) is 8.58. The summed E-state index contributed by atoms with van der Waals surface area (Å²) in [5.74, 6) is 1.97. The van der Waals surface area contributed by atoms with Crippen LogP contribution in [0.1, 0.15) is 21.9 Å². The van der Waals surface area contributed by atoms with Gasteiger partial charge in [-0.25, -0.2) is 9.97 Å². The van der Waals surface area contributed by atoms with Crippen molar-refractivity contribution >= 4 is 34.7 Å². The number of nitrogens with one attached hydrogen (secondary N) is 2. The standard InChI is InChI=1S/C20H17ClN4O3/c1-11-3-4-13(7-15(11)21)25-20(26)16-9-19(23-12(2)22-16)24-14-5-6-17-18(8-14)28-10-27-17/h3-9H,10H2,1-2H3,(H,25,26)(H,22,23,24). The molecular weight excluding hydrogens is 380 g/mol. The van der Waals surface area contributed by atoms with Crippen LogP contribution in [-0.4, -0.2) is 22.7 Å². The van der Waals surface area contributed by atoms with E-state index in [1.165, 1.54) is 0 Å². The second-order valence-electron chi connectivity index (χ2n) is 6.30. The third-order valence-corrected chi connectivity index (χ3v) is 4.55. The van der Waals surface area contributed by atoms with E-state index < -0.39 is 0 Å². The lowest BCUT2D eigenvalue weighted by Gasteiger charge is -2.10. The van der Waals surface area contributed by atoms with Gasteiger partial charge < -0.3 is 20.1 Å². The molecule has 3 aromatic rings. The van der Waals surface area contributed by atoms with Gasteiger partial charge in [-0.15, -0.1) is 0 Å². The molecule has 0 aliphatic carbocycles. The summed E-state index contributed by atoms with van der Waals surface area (Å²) in [5, 5.41) is 6.55. The molecule has 28 heavy (non-hydrogen) atoms. The molecule has 1 aliphatic rings. The van der Waals surface area contributed by atoms with E-state index in [1.807, 2.05) is 31.2 Å². The smallest absolute Gasteiger partial charge is 0.274 e. The topological polar surface area (TPSA) is 85.4 Å². The second-order valence-corrected chi connectivity index (χ2v) is 6.70. The van der Waals surface area contributed by atoms with Crippen LogP contribution in [-0.2, 0) is 0 Å². The third-order valence-electron chi connectivity index (χ3n) is 4.15. The Morgan fingerprint density at radius 1 is 1.00 bits per heavy atom. The number of hydrogen-bond acceptors (Lipinski definition) is 6. The summed E-state index contributed by atoms with van der Waals surface area (Å²) >= 11 is 6.12. The highest BCUT2D eigenvalue weighted by atomic mass is 35.5. The van der Waals surface area contributed by atoms with Gasteiger partial charge in [0.1, 0.15) is 17.3 Å². The van der Waals surface area contributed by atoms with Gasteiger partial charge >= 0.3 is 0 Å². The molecule has 7 nitrogen and oxygen atoms in total. The zero-order valence-electron chi connectivity index (χ0n) is 15.2. The summed E-state index contributed by atoms with van der Waals surface area (Å²) in [7, 11) is 0. The number of nitrogens with zero attached hydrogens (tertiary/aromatic N) is 2. The van der Waals surface area contributed by atoms with Crippen LogP contribution in [0.2, 0.25) is 5.02 Å². The van der Waals surface area contributed by atoms with Crippen LogP contribution in [0.25, 0.3) is 0 Å². The number of halogens is 1. The summed E-state index contributed by atoms with van der Waals surface area (Å²) in [4.78, 5) is 21.2. The van der Waals surface area contributed by atoms with E-state index in [0.717, 1.165) is 11.3 Å². The van der Waals surface area contributed by atoms with Gasteiger partial charge in [-0.1, -0.05) is 17.7 Å². The summed E-state index contributed by atoms with van der Waals surface area (Å²) in [6, 6.07) is 12.4. The van der Waals surface area contributed by atoms with E-state index in [0.29, 0.717) is 33.9 Å². The van der Waals surface area contributed by atoms with E-state index in [4.69, 9.17) is 21.1 Å². The van der Waals surface area contributed by atoms with Crippen molar-refractivity contribution in [3.63, 3.8) is 0 Å². The molecule has 1 aliphatic heterocycles. The molecule has 0 fully saturated rings. The number of hydrogen-bond donors (Lipinski definition) is 2. The lowest BCUT2D eigenvalue weighted by Crippen LogP contribution is -2.15. The fourth-order valence-electron chi connectivity index (χ4n) is 2.74. The molecule has 2 N–H and O–H groups in total. The van der Waals surface area contributed by atoms with Crippen molar-refractivity contribution in [2.45, 2.75) is 13.8 Å². The zero-order chi connectivity index (χ0) is 19.7. The van der Waals surface area contributed by atoms with Crippen molar-refractivity contribution in [3.8, 4) is 11.5 Å². The van der Waals surface area contributed by atoms with Crippen LogP contribution < -0.4 is 20.1 Å². The molecule has 0 unspecified atom stereocenters. The summed E-state index contributed by atoms with van der Waals surface area (Å²) < 4.78 is 10.7. The molecule has 2 heterocycles. The van der Waals surface area contributed by atoms with Crippen LogP contribution in [0.3, 0.4) is 0 Å². The van der Waals surface area contributed by atoms with Crippen molar-refractivity contribution in [2.75, 3.05) is 17.4 Å². The van der Waals surface area contributed by atoms with Crippen LogP contribution in [0.5, 0.6) is 11.5 Å². The fraction of sp³-hybridized carbons (Fsp3) is 0.150. The number of fused-ring (bicyclic) bond motifs is 1. The Morgan fingerprint density at radius 2 is 1.79 bits per heavy atom. The lowest BCUT2D eigenvalue weighted by atomic mass is 10.2. The van der Waals surface area contributed by atoms with Crippen molar-refractivity contribution in [2.24, 2.45) is 0 Å². The Bertz CT molecular complexity index is 1070. The molecular formula is C20H17ClN4O3. The van der Waals surface area contributed by atoms with Gasteiger partial charge in [0.25, 0.3) is 5.91 Å². The third kappa shape index (κ3) is 3.84. The van der Waals surface area contributed by atoms with Gasteiger partial charge in [-0.3, -0.25) is 4.79 Å². The van der Waals surface area contributed by atoms with E-state index in [-0.39, 0.29) is 18.4 Å². The Hall–Kier alpha value is -3.32. The van der Waals surface area contributed by atoms with Crippen LogP contribution in [0, 0.1) is 13.8 Å². The number of rotatable bonds is 4. The van der Waals surface area contributed by atoms with E-state index >= 15 is 0 Å². The summed E-state index contributed by atoms with van der Waals surface area (Å²) in [6.07, 6.45) is 0. The Morgan fingerprint density at radius 3 is 2.61 bits per heavy atom. The van der Waals surface area contributed by atoms with Gasteiger partial charge in [0.05, 0.1) is 0 Å². The highest BCUT2D eigenvalue weighted by molar-refractivity contribution is 6.31. The van der Waals surface area contributed by atoms with Gasteiger partial charge in [-0.05, 0) is 43.7 Å². The van der Waals surface area contributed by atoms with E-state index in [1.54, 1.807) is 25.1 Å². The monoisotopic (exact) mass is 396 g/mol. The minimum atomic E-state index is -0.348. The molecule has 142 valence electrons. The first-order chi connectivity index (χ1) is 13.5. The Balaban J connectivity index is 1.54. The van der Waals surface area contributed by atoms with Gasteiger partial charge in [0.2, 0.25) is 6.79 Å². The predicted octanol–water partition coefficient (Wildman–Crippen LogP) is 4.47. The maximum absolute atomic E-state index is 12.6. The number of carbonyl (C=O) groups excluding carboxylic acids is 1. The summed E-state index contributed by atoms with van der Waals surface area (Å²) in [6.45, 7) is 3.83. The van der Waals surface area contributed by atoms with Crippen molar-refractivity contribution in [3.05, 3.63) is 64.6 Å². The average molecular weight is 397 g/mol. The van der Waals surface area contributed by atoms with Crippen LogP contribution in [0.15, 0.2) is 42.5 Å². The molecule has 0 saturated heterocycles. The normalized spacial score (nSPS) is 12.0. The molecule has 2 aromatic carbocycles. The number of anilines is 3. The van der Waals surface area contributed by atoms with E-state index in [2.05, 4.69) is 20.6 Å². The number of benzene rings is 2. The maximum atomic E-state index is 12.6. The minimum absolute atomic E-state index is 0.207. The number of ether oxygens (including phenoxy) is 2. The first-order valence-corrected chi connectivity index (χ1v) is 8.95. The number of aryl methyl sites for hydroxylation is 2. The number of aromatic nitrogens is 2. The molecule has 0 spiro atoms. The van der Waals surface area contributed by atoms with Crippen molar-refractivity contribution in [1.29, 1.82) is 0 Å². The average Bonchev–Trinajstić information content (AvgIpc) is 3.12. The molecule has 8 heteroatoms. The molecule has 0 saturated carbocycles. The van der Waals surface area contributed by atoms with Gasteiger partial charge in [0, 0.05) is 28.5 Å². The van der Waals surface area contributed by atoms with E-state index in [9.17, 15) is 4.79 Å². The number of carbonyl (C=O) groups is 1. The SMILES string of the molecule is Cc1nc(Nc2ccc3c(c2)OCO3)cc(C(=O)Nc2ccc(C)c(Cl)c2)n1. The highest BCUT2D eigenvalue weighted by Gasteiger charge is 2.15. The van der Waals surface area contributed by atoms with Crippen LogP contribution >= 0.6 is 11.6 Å². The quantitative estimate of drug-likeness (QED) is 0.676. The van der Waals surface area contributed by atoms with Gasteiger partial charge in [0.15, 0.2) is 11.5 Å².